The van der Waals surface area contributed by atoms with Gasteiger partial charge in [0.05, 0.1) is 0 Å². The van der Waals surface area contributed by atoms with E-state index in [2.05, 4.69) is 0 Å². The Morgan fingerprint density at radius 1 is 1.15 bits per heavy atom. The molecule has 0 unspecified atom stereocenters. The number of aryl methyl sites for hydroxylation is 1. The standard InChI is InChI=1S/C11H14F2/c1-7-5-6-9(12)10(8(7)2)11(3,4)13/h5-6H,1-4H3. The Kier molecular flexibility index (Phi) is 2.42. The van der Waals surface area contributed by atoms with Crippen LogP contribution in [0.25, 0.3) is 0 Å². The van der Waals surface area contributed by atoms with E-state index < -0.39 is 11.5 Å². The zero-order chi connectivity index (χ0) is 10.2. The van der Waals surface area contributed by atoms with Gasteiger partial charge in [-0.3, -0.25) is 0 Å². The first-order valence-corrected chi connectivity index (χ1v) is 4.29. The summed E-state index contributed by atoms with van der Waals surface area (Å²) in [6.07, 6.45) is 0. The lowest BCUT2D eigenvalue weighted by Crippen LogP contribution is -2.14. The molecule has 2 heteroatoms. The van der Waals surface area contributed by atoms with Crippen LogP contribution in [0.5, 0.6) is 0 Å². The van der Waals surface area contributed by atoms with Gasteiger partial charge in [-0.05, 0) is 44.9 Å². The van der Waals surface area contributed by atoms with E-state index in [-0.39, 0.29) is 5.56 Å². The third-order valence-corrected chi connectivity index (χ3v) is 2.28. The molecular weight excluding hydrogens is 170 g/mol. The molecule has 0 amide bonds. The van der Waals surface area contributed by atoms with Crippen LogP contribution in [-0.2, 0) is 5.67 Å². The summed E-state index contributed by atoms with van der Waals surface area (Å²) in [5, 5.41) is 0. The molecule has 0 radical (unpaired) electrons. The van der Waals surface area contributed by atoms with Gasteiger partial charge in [-0.2, -0.15) is 0 Å². The summed E-state index contributed by atoms with van der Waals surface area (Å²) in [6.45, 7) is 6.34. The smallest absolute Gasteiger partial charge is 0.133 e. The third-order valence-electron chi connectivity index (χ3n) is 2.28. The molecule has 0 saturated carbocycles. The van der Waals surface area contributed by atoms with Crippen molar-refractivity contribution in [3.05, 3.63) is 34.6 Å². The van der Waals surface area contributed by atoms with Crippen LogP contribution < -0.4 is 0 Å². The maximum absolute atomic E-state index is 13.6. The fourth-order valence-electron chi connectivity index (χ4n) is 1.51. The van der Waals surface area contributed by atoms with Crippen molar-refractivity contribution >= 4 is 0 Å². The van der Waals surface area contributed by atoms with Crippen LogP contribution >= 0.6 is 0 Å². The SMILES string of the molecule is Cc1ccc(F)c(C(C)(C)F)c1C. The fourth-order valence-corrected chi connectivity index (χ4v) is 1.51. The van der Waals surface area contributed by atoms with Gasteiger partial charge in [0.1, 0.15) is 11.5 Å². The Labute approximate surface area is 77.6 Å². The summed E-state index contributed by atoms with van der Waals surface area (Å²) in [6, 6.07) is 2.99. The van der Waals surface area contributed by atoms with Gasteiger partial charge in [-0.15, -0.1) is 0 Å². The summed E-state index contributed by atoms with van der Waals surface area (Å²) < 4.78 is 26.9. The number of benzene rings is 1. The van der Waals surface area contributed by atoms with Gasteiger partial charge >= 0.3 is 0 Å². The van der Waals surface area contributed by atoms with Crippen molar-refractivity contribution in [2.75, 3.05) is 0 Å². The second-order valence-electron chi connectivity index (χ2n) is 3.84. The van der Waals surface area contributed by atoms with Crippen LogP contribution in [0.4, 0.5) is 8.78 Å². The quantitative estimate of drug-likeness (QED) is 0.625. The molecule has 0 aromatic heterocycles. The van der Waals surface area contributed by atoms with E-state index in [0.29, 0.717) is 5.56 Å². The molecule has 0 spiro atoms. The van der Waals surface area contributed by atoms with Crippen LogP contribution in [0.1, 0.15) is 30.5 Å². The van der Waals surface area contributed by atoms with Gasteiger partial charge in [-0.25, -0.2) is 8.78 Å². The van der Waals surface area contributed by atoms with Crippen molar-refractivity contribution in [3.8, 4) is 0 Å². The highest BCUT2D eigenvalue weighted by Crippen LogP contribution is 2.31. The minimum absolute atomic E-state index is 0.174. The van der Waals surface area contributed by atoms with Gasteiger partial charge in [-0.1, -0.05) is 6.07 Å². The number of rotatable bonds is 1. The van der Waals surface area contributed by atoms with E-state index in [0.717, 1.165) is 5.56 Å². The summed E-state index contributed by atoms with van der Waals surface area (Å²) in [7, 11) is 0. The molecule has 1 rings (SSSR count). The average molecular weight is 184 g/mol. The summed E-state index contributed by atoms with van der Waals surface area (Å²) in [5.74, 6) is -0.462. The van der Waals surface area contributed by atoms with Crippen LogP contribution in [0.15, 0.2) is 12.1 Å². The number of hydrogen-bond donors (Lipinski definition) is 0. The largest absolute Gasteiger partial charge is 0.239 e. The van der Waals surface area contributed by atoms with Crippen molar-refractivity contribution in [1.29, 1.82) is 0 Å². The van der Waals surface area contributed by atoms with E-state index in [1.54, 1.807) is 13.0 Å². The number of alkyl halides is 1. The lowest BCUT2D eigenvalue weighted by Gasteiger charge is -2.19. The number of halogens is 2. The molecular formula is C11H14F2. The van der Waals surface area contributed by atoms with Gasteiger partial charge in [0.15, 0.2) is 0 Å². The molecule has 1 aromatic rings. The third kappa shape index (κ3) is 1.87. The summed E-state index contributed by atoms with van der Waals surface area (Å²) in [5.41, 5.74) is 0.183. The minimum Gasteiger partial charge on any atom is -0.239 e. The van der Waals surface area contributed by atoms with E-state index >= 15 is 0 Å². The number of hydrogen-bond acceptors (Lipinski definition) is 0. The Bertz CT molecular complexity index is 322. The fraction of sp³-hybridized carbons (Fsp3) is 0.455. The van der Waals surface area contributed by atoms with Gasteiger partial charge in [0.2, 0.25) is 0 Å². The monoisotopic (exact) mass is 184 g/mol. The molecule has 0 heterocycles. The highest BCUT2D eigenvalue weighted by molar-refractivity contribution is 5.37. The summed E-state index contributed by atoms with van der Waals surface area (Å²) in [4.78, 5) is 0. The van der Waals surface area contributed by atoms with Crippen molar-refractivity contribution in [2.24, 2.45) is 0 Å². The second kappa shape index (κ2) is 3.09. The topological polar surface area (TPSA) is 0 Å². The van der Waals surface area contributed by atoms with E-state index in [1.165, 1.54) is 19.9 Å². The molecule has 0 fully saturated rings. The first-order chi connectivity index (χ1) is 5.84. The molecule has 0 aliphatic heterocycles. The lowest BCUT2D eigenvalue weighted by atomic mass is 9.92. The molecule has 72 valence electrons. The Hall–Kier alpha value is -0.920. The van der Waals surface area contributed by atoms with Crippen molar-refractivity contribution in [1.82, 2.24) is 0 Å². The Morgan fingerprint density at radius 2 is 1.69 bits per heavy atom. The molecule has 0 aliphatic rings. The maximum Gasteiger partial charge on any atom is 0.133 e. The average Bonchev–Trinajstić information content (AvgIpc) is 1.95. The predicted octanol–water partition coefficient (Wildman–Crippen LogP) is 3.65. The summed E-state index contributed by atoms with van der Waals surface area (Å²) >= 11 is 0. The van der Waals surface area contributed by atoms with Crippen LogP contribution in [-0.4, -0.2) is 0 Å². The van der Waals surface area contributed by atoms with E-state index in [1.807, 2.05) is 6.92 Å². The molecule has 1 aromatic carbocycles. The first-order valence-electron chi connectivity index (χ1n) is 4.29. The first kappa shape index (κ1) is 10.2. The molecule has 0 nitrogen and oxygen atoms in total. The zero-order valence-electron chi connectivity index (χ0n) is 8.41. The molecule has 0 saturated heterocycles. The zero-order valence-corrected chi connectivity index (χ0v) is 8.41. The molecule has 0 atom stereocenters. The predicted molar refractivity (Wildman–Crippen MR) is 50.0 cm³/mol. The minimum atomic E-state index is -1.61. The Balaban J connectivity index is 3.43. The molecule has 0 N–H and O–H groups in total. The highest BCUT2D eigenvalue weighted by Gasteiger charge is 2.25. The van der Waals surface area contributed by atoms with Crippen LogP contribution in [0.3, 0.4) is 0 Å². The second-order valence-corrected chi connectivity index (χ2v) is 3.84. The molecule has 0 aliphatic carbocycles. The van der Waals surface area contributed by atoms with E-state index in [9.17, 15) is 8.78 Å². The lowest BCUT2D eigenvalue weighted by molar-refractivity contribution is 0.212. The van der Waals surface area contributed by atoms with Gasteiger partial charge in [0.25, 0.3) is 0 Å². The van der Waals surface area contributed by atoms with Crippen LogP contribution in [0, 0.1) is 19.7 Å². The van der Waals surface area contributed by atoms with Crippen molar-refractivity contribution in [3.63, 3.8) is 0 Å². The molecule has 13 heavy (non-hydrogen) atoms. The van der Waals surface area contributed by atoms with Crippen molar-refractivity contribution in [2.45, 2.75) is 33.4 Å². The van der Waals surface area contributed by atoms with Gasteiger partial charge < -0.3 is 0 Å². The van der Waals surface area contributed by atoms with E-state index in [4.69, 9.17) is 0 Å². The maximum atomic E-state index is 13.6. The van der Waals surface area contributed by atoms with Crippen LogP contribution in [0.2, 0.25) is 0 Å². The Morgan fingerprint density at radius 3 is 2.08 bits per heavy atom. The normalized spacial score (nSPS) is 11.8. The molecule has 0 bridgehead atoms. The highest BCUT2D eigenvalue weighted by atomic mass is 19.1. The van der Waals surface area contributed by atoms with Crippen molar-refractivity contribution < 1.29 is 8.78 Å². The van der Waals surface area contributed by atoms with Gasteiger partial charge in [0, 0.05) is 5.56 Å².